The Labute approximate surface area is 75.6 Å². The van der Waals surface area contributed by atoms with Crippen molar-refractivity contribution in [1.29, 1.82) is 0 Å². The first-order valence-electron chi connectivity index (χ1n) is 3.88. The summed E-state index contributed by atoms with van der Waals surface area (Å²) in [5.74, 6) is 2.11. The number of hydrogen-bond donors (Lipinski definition) is 4. The maximum absolute atomic E-state index is 9.26. The van der Waals surface area contributed by atoms with E-state index < -0.39 is 37.1 Å². The maximum atomic E-state index is 9.26. The lowest BCUT2D eigenvalue weighted by Crippen LogP contribution is -2.58. The molecular formula is C8H12O5. The molecule has 0 spiro atoms. The van der Waals surface area contributed by atoms with Gasteiger partial charge in [-0.2, -0.15) is 0 Å². The predicted molar refractivity (Wildman–Crippen MR) is 42.6 cm³/mol. The van der Waals surface area contributed by atoms with E-state index in [1.54, 1.807) is 0 Å². The molecule has 5 atom stereocenters. The summed E-state index contributed by atoms with van der Waals surface area (Å²) in [5.41, 5.74) is 0. The molecule has 1 heterocycles. The van der Waals surface area contributed by atoms with E-state index in [9.17, 15) is 15.3 Å². The molecule has 0 bridgehead atoms. The lowest BCUT2D eigenvalue weighted by atomic mass is 9.96. The van der Waals surface area contributed by atoms with Gasteiger partial charge in [-0.3, -0.25) is 0 Å². The van der Waals surface area contributed by atoms with Crippen molar-refractivity contribution in [2.75, 3.05) is 6.61 Å². The van der Waals surface area contributed by atoms with Gasteiger partial charge in [-0.1, -0.05) is 5.92 Å². The van der Waals surface area contributed by atoms with Crippen molar-refractivity contribution < 1.29 is 25.2 Å². The van der Waals surface area contributed by atoms with E-state index in [1.807, 2.05) is 0 Å². The zero-order valence-corrected chi connectivity index (χ0v) is 6.87. The predicted octanol–water partition coefficient (Wildman–Crippen LogP) is -2.54. The molecule has 0 radical (unpaired) electrons. The van der Waals surface area contributed by atoms with Crippen molar-refractivity contribution in [2.24, 2.45) is 0 Å². The van der Waals surface area contributed by atoms with Crippen LogP contribution >= 0.6 is 0 Å². The Morgan fingerprint density at radius 1 is 1.15 bits per heavy atom. The second-order valence-corrected chi connectivity index (χ2v) is 2.92. The summed E-state index contributed by atoms with van der Waals surface area (Å²) in [6.07, 6.45) is -0.941. The van der Waals surface area contributed by atoms with Crippen LogP contribution in [0.2, 0.25) is 0 Å². The summed E-state index contributed by atoms with van der Waals surface area (Å²) in [7, 11) is 0. The minimum atomic E-state index is -1.38. The molecule has 74 valence electrons. The molecule has 0 saturated carbocycles. The number of aliphatic hydroxyl groups excluding tert-OH is 4. The largest absolute Gasteiger partial charge is 0.394 e. The van der Waals surface area contributed by atoms with E-state index in [4.69, 9.17) is 16.3 Å². The van der Waals surface area contributed by atoms with Gasteiger partial charge in [0.15, 0.2) is 0 Å². The molecule has 0 amide bonds. The molecule has 0 aliphatic carbocycles. The molecule has 1 fully saturated rings. The van der Waals surface area contributed by atoms with Gasteiger partial charge in [0.25, 0.3) is 0 Å². The third kappa shape index (κ3) is 1.82. The summed E-state index contributed by atoms with van der Waals surface area (Å²) in [4.78, 5) is 0. The Balaban J connectivity index is 2.73. The van der Waals surface area contributed by atoms with Crippen LogP contribution in [0.5, 0.6) is 0 Å². The Morgan fingerprint density at radius 2 is 1.77 bits per heavy atom. The Bertz CT molecular complexity index is 209. The molecule has 13 heavy (non-hydrogen) atoms. The second-order valence-electron chi connectivity index (χ2n) is 2.92. The standard InChI is InChI=1S/C8H12O5/c1-2-4-6(10)8(12)7(11)5(3-9)13-4/h1,4-12H,3H2/t4?,5?,6?,7-,8-/m1/s1. The van der Waals surface area contributed by atoms with Gasteiger partial charge < -0.3 is 25.2 Å². The van der Waals surface area contributed by atoms with Crippen molar-refractivity contribution in [1.82, 2.24) is 0 Å². The number of terminal acetylenes is 1. The average molecular weight is 188 g/mol. The van der Waals surface area contributed by atoms with Gasteiger partial charge in [0, 0.05) is 0 Å². The fourth-order valence-electron chi connectivity index (χ4n) is 1.24. The summed E-state index contributed by atoms with van der Waals surface area (Å²) in [6.45, 7) is -0.455. The SMILES string of the molecule is C#CC1OC(CO)[C@@H](O)[C@H](O)C1O. The molecule has 3 unspecified atom stereocenters. The fourth-order valence-corrected chi connectivity index (χ4v) is 1.24. The molecule has 1 aliphatic rings. The number of hydrogen-bond acceptors (Lipinski definition) is 5. The Kier molecular flexibility index (Phi) is 3.25. The van der Waals surface area contributed by atoms with Crippen LogP contribution in [-0.4, -0.2) is 57.6 Å². The van der Waals surface area contributed by atoms with Gasteiger partial charge in [-0.25, -0.2) is 0 Å². The minimum Gasteiger partial charge on any atom is -0.394 e. The lowest BCUT2D eigenvalue weighted by molar-refractivity contribution is -0.214. The Morgan fingerprint density at radius 3 is 2.23 bits per heavy atom. The van der Waals surface area contributed by atoms with Gasteiger partial charge in [0.05, 0.1) is 6.61 Å². The van der Waals surface area contributed by atoms with Gasteiger partial charge >= 0.3 is 0 Å². The average Bonchev–Trinajstić information content (AvgIpc) is 2.15. The van der Waals surface area contributed by atoms with E-state index in [-0.39, 0.29) is 0 Å². The molecule has 1 aliphatic heterocycles. The van der Waals surface area contributed by atoms with Gasteiger partial charge in [0.1, 0.15) is 30.5 Å². The minimum absolute atomic E-state index is 0.455. The van der Waals surface area contributed by atoms with Gasteiger partial charge in [0.2, 0.25) is 0 Å². The highest BCUT2D eigenvalue weighted by Crippen LogP contribution is 2.20. The quantitative estimate of drug-likeness (QED) is 0.340. The highest BCUT2D eigenvalue weighted by molar-refractivity contribution is 5.05. The summed E-state index contributed by atoms with van der Waals surface area (Å²) >= 11 is 0. The summed E-state index contributed by atoms with van der Waals surface area (Å²) in [6, 6.07) is 0. The van der Waals surface area contributed by atoms with Crippen LogP contribution in [0.4, 0.5) is 0 Å². The van der Waals surface area contributed by atoms with Crippen LogP contribution in [0.25, 0.3) is 0 Å². The van der Waals surface area contributed by atoms with Crippen molar-refractivity contribution >= 4 is 0 Å². The molecule has 0 aromatic rings. The lowest BCUT2D eigenvalue weighted by Gasteiger charge is -2.37. The molecule has 0 aromatic heterocycles. The summed E-state index contributed by atoms with van der Waals surface area (Å²) in [5, 5.41) is 36.5. The molecule has 1 rings (SSSR count). The first kappa shape index (κ1) is 10.4. The smallest absolute Gasteiger partial charge is 0.146 e. The number of rotatable bonds is 1. The van der Waals surface area contributed by atoms with Crippen LogP contribution < -0.4 is 0 Å². The molecule has 0 aromatic carbocycles. The maximum Gasteiger partial charge on any atom is 0.146 e. The third-order valence-corrected chi connectivity index (χ3v) is 2.06. The van der Waals surface area contributed by atoms with E-state index in [0.717, 1.165) is 0 Å². The van der Waals surface area contributed by atoms with E-state index >= 15 is 0 Å². The first-order valence-corrected chi connectivity index (χ1v) is 3.88. The van der Waals surface area contributed by atoms with E-state index in [2.05, 4.69) is 5.92 Å². The second kappa shape index (κ2) is 4.05. The van der Waals surface area contributed by atoms with Crippen LogP contribution in [0.15, 0.2) is 0 Å². The summed E-state index contributed by atoms with van der Waals surface area (Å²) < 4.78 is 4.93. The van der Waals surface area contributed by atoms with Crippen molar-refractivity contribution in [3.05, 3.63) is 0 Å². The fraction of sp³-hybridized carbons (Fsp3) is 0.750. The van der Waals surface area contributed by atoms with Crippen LogP contribution in [0.3, 0.4) is 0 Å². The molecular weight excluding hydrogens is 176 g/mol. The molecule has 4 N–H and O–H groups in total. The normalized spacial score (nSPS) is 45.6. The van der Waals surface area contributed by atoms with Crippen molar-refractivity contribution in [2.45, 2.75) is 30.5 Å². The molecule has 5 nitrogen and oxygen atoms in total. The number of aliphatic hydroxyl groups is 4. The topological polar surface area (TPSA) is 90.2 Å². The third-order valence-electron chi connectivity index (χ3n) is 2.06. The first-order chi connectivity index (χ1) is 6.11. The monoisotopic (exact) mass is 188 g/mol. The van der Waals surface area contributed by atoms with Crippen LogP contribution in [-0.2, 0) is 4.74 Å². The molecule has 1 saturated heterocycles. The van der Waals surface area contributed by atoms with Crippen molar-refractivity contribution in [3.8, 4) is 12.3 Å². The van der Waals surface area contributed by atoms with Crippen molar-refractivity contribution in [3.63, 3.8) is 0 Å². The van der Waals surface area contributed by atoms with Crippen LogP contribution in [0, 0.1) is 12.3 Å². The molecule has 5 heteroatoms. The van der Waals surface area contributed by atoms with Crippen LogP contribution in [0.1, 0.15) is 0 Å². The highest BCUT2D eigenvalue weighted by Gasteiger charge is 2.42. The van der Waals surface area contributed by atoms with Gasteiger partial charge in [-0.05, 0) is 0 Å². The number of ether oxygens (including phenoxy) is 1. The highest BCUT2D eigenvalue weighted by atomic mass is 16.5. The van der Waals surface area contributed by atoms with E-state index in [1.165, 1.54) is 0 Å². The zero-order chi connectivity index (χ0) is 10.0. The van der Waals surface area contributed by atoms with E-state index in [0.29, 0.717) is 0 Å². The zero-order valence-electron chi connectivity index (χ0n) is 6.87. The Hall–Kier alpha value is -0.640. The van der Waals surface area contributed by atoms with Gasteiger partial charge in [-0.15, -0.1) is 6.42 Å².